The zero-order valence-electron chi connectivity index (χ0n) is 10.7. The van der Waals surface area contributed by atoms with Gasteiger partial charge in [0.25, 0.3) is 0 Å². The van der Waals surface area contributed by atoms with Crippen LogP contribution >= 0.6 is 22.9 Å². The summed E-state index contributed by atoms with van der Waals surface area (Å²) in [7, 11) is 0. The molecule has 2 heterocycles. The van der Waals surface area contributed by atoms with Crippen LogP contribution in [0.3, 0.4) is 0 Å². The number of nitrogens with one attached hydrogen (secondary N) is 1. The van der Waals surface area contributed by atoms with Crippen LogP contribution in [0, 0.1) is 12.3 Å². The van der Waals surface area contributed by atoms with Crippen molar-refractivity contribution in [3.05, 3.63) is 10.4 Å². The predicted octanol–water partition coefficient (Wildman–Crippen LogP) is 3.37. The Labute approximate surface area is 114 Å². The molecule has 1 fully saturated rings. The minimum atomic E-state index is 0.383. The van der Waals surface area contributed by atoms with Gasteiger partial charge in [-0.25, -0.2) is 4.98 Å². The van der Waals surface area contributed by atoms with Gasteiger partial charge >= 0.3 is 0 Å². The summed E-state index contributed by atoms with van der Waals surface area (Å²) in [6.07, 6.45) is 1.19. The highest BCUT2D eigenvalue weighted by Gasteiger charge is 2.46. The van der Waals surface area contributed by atoms with Crippen LogP contribution in [-0.2, 0) is 0 Å². The van der Waals surface area contributed by atoms with E-state index in [-0.39, 0.29) is 0 Å². The highest BCUT2D eigenvalue weighted by Crippen LogP contribution is 2.49. The molecule has 2 aromatic heterocycles. The minimum absolute atomic E-state index is 0.383. The van der Waals surface area contributed by atoms with E-state index >= 15 is 0 Å². The molecule has 1 unspecified atom stereocenters. The lowest BCUT2D eigenvalue weighted by atomic mass is 10.2. The second-order valence-corrected chi connectivity index (χ2v) is 7.25. The predicted molar refractivity (Wildman–Crippen MR) is 78.2 cm³/mol. The van der Waals surface area contributed by atoms with Gasteiger partial charge in [0.05, 0.1) is 16.3 Å². The topological polar surface area (TPSA) is 63.8 Å². The molecule has 1 aliphatic rings. The van der Waals surface area contributed by atoms with Gasteiger partial charge in [-0.1, -0.05) is 13.8 Å². The van der Waals surface area contributed by atoms with Crippen molar-refractivity contribution in [1.82, 2.24) is 9.36 Å². The Bertz CT molecular complexity index is 585. The molecule has 0 spiro atoms. The molecule has 1 saturated carbocycles. The van der Waals surface area contributed by atoms with Crippen molar-refractivity contribution >= 4 is 33.7 Å². The van der Waals surface area contributed by atoms with Crippen LogP contribution in [0.1, 0.15) is 25.3 Å². The smallest absolute Gasteiger partial charge is 0.148 e. The number of nitrogens with zero attached hydrogens (tertiary/aromatic N) is 2. The van der Waals surface area contributed by atoms with Gasteiger partial charge in [0.2, 0.25) is 0 Å². The van der Waals surface area contributed by atoms with Crippen LogP contribution in [0.15, 0.2) is 5.38 Å². The Morgan fingerprint density at radius 1 is 1.50 bits per heavy atom. The van der Waals surface area contributed by atoms with E-state index in [9.17, 15) is 0 Å². The maximum Gasteiger partial charge on any atom is 0.148 e. The summed E-state index contributed by atoms with van der Waals surface area (Å²) in [5.41, 5.74) is 8.25. The maximum absolute atomic E-state index is 5.97. The molecule has 3 N–H and O–H groups in total. The fourth-order valence-corrected chi connectivity index (χ4v) is 3.38. The molecule has 1 aliphatic carbocycles. The fourth-order valence-electron chi connectivity index (χ4n) is 2.00. The molecule has 2 aromatic rings. The van der Waals surface area contributed by atoms with E-state index in [1.165, 1.54) is 18.0 Å². The molecule has 0 amide bonds. The first-order valence-electron chi connectivity index (χ1n) is 5.91. The number of rotatable bonds is 3. The van der Waals surface area contributed by atoms with E-state index in [0.717, 1.165) is 21.3 Å². The van der Waals surface area contributed by atoms with Gasteiger partial charge in [-0.15, -0.1) is 11.3 Å². The van der Waals surface area contributed by atoms with Gasteiger partial charge in [-0.05, 0) is 30.3 Å². The van der Waals surface area contributed by atoms with E-state index in [0.29, 0.717) is 17.3 Å². The molecule has 0 aliphatic heterocycles. The van der Waals surface area contributed by atoms with Gasteiger partial charge in [-0.2, -0.15) is 4.37 Å². The first kappa shape index (κ1) is 11.9. The Kier molecular flexibility index (Phi) is 2.60. The van der Waals surface area contributed by atoms with Crippen molar-refractivity contribution in [1.29, 1.82) is 0 Å². The average molecular weight is 280 g/mol. The lowest BCUT2D eigenvalue weighted by Gasteiger charge is -2.07. The van der Waals surface area contributed by atoms with Crippen LogP contribution in [0.4, 0.5) is 10.8 Å². The molecule has 96 valence electrons. The maximum atomic E-state index is 5.97. The molecule has 3 rings (SSSR count). The Morgan fingerprint density at radius 2 is 2.22 bits per heavy atom. The van der Waals surface area contributed by atoms with Crippen LogP contribution in [-0.4, -0.2) is 15.4 Å². The van der Waals surface area contributed by atoms with Gasteiger partial charge in [0, 0.05) is 11.4 Å². The lowest BCUT2D eigenvalue weighted by Crippen LogP contribution is -2.08. The zero-order chi connectivity index (χ0) is 12.9. The summed E-state index contributed by atoms with van der Waals surface area (Å²) in [5.74, 6) is 0.575. The molecule has 1 atom stereocenters. The van der Waals surface area contributed by atoms with Crippen molar-refractivity contribution in [3.8, 4) is 11.3 Å². The number of aromatic nitrogens is 2. The normalized spacial score (nSPS) is 20.9. The number of nitrogens with two attached hydrogens (primary N) is 1. The lowest BCUT2D eigenvalue weighted by molar-refractivity contribution is 0.631. The second kappa shape index (κ2) is 3.93. The number of nitrogen functional groups attached to an aromatic ring is 1. The van der Waals surface area contributed by atoms with Crippen LogP contribution in [0.5, 0.6) is 0 Å². The average Bonchev–Trinajstić information content (AvgIpc) is 2.66. The fraction of sp³-hybridized carbons (Fsp3) is 0.500. The highest BCUT2D eigenvalue weighted by molar-refractivity contribution is 7.11. The summed E-state index contributed by atoms with van der Waals surface area (Å²) in [5, 5.41) is 7.68. The quantitative estimate of drug-likeness (QED) is 0.905. The third kappa shape index (κ3) is 1.99. The number of aryl methyl sites for hydroxylation is 1. The largest absolute Gasteiger partial charge is 0.382 e. The third-order valence-electron chi connectivity index (χ3n) is 3.41. The standard InChI is InChI=1S/C12H16N4S2/c1-6-14-7(5-17-6)9-10(13)16-18-11(9)15-8-4-12(8,2)3/h5,8,15H,4H2,1-3H3,(H2,13,16). The van der Waals surface area contributed by atoms with Crippen molar-refractivity contribution in [2.24, 2.45) is 5.41 Å². The summed E-state index contributed by atoms with van der Waals surface area (Å²) < 4.78 is 4.25. The van der Waals surface area contributed by atoms with Crippen molar-refractivity contribution in [2.75, 3.05) is 11.1 Å². The summed E-state index contributed by atoms with van der Waals surface area (Å²) >= 11 is 3.06. The molecular weight excluding hydrogens is 264 g/mol. The summed E-state index contributed by atoms with van der Waals surface area (Å²) in [6, 6.07) is 0.524. The SMILES string of the molecule is Cc1nc(-c2c(N)nsc2NC2CC2(C)C)cs1. The van der Waals surface area contributed by atoms with Crippen LogP contribution < -0.4 is 11.1 Å². The van der Waals surface area contributed by atoms with E-state index in [1.807, 2.05) is 12.3 Å². The minimum Gasteiger partial charge on any atom is -0.382 e. The van der Waals surface area contributed by atoms with Crippen molar-refractivity contribution in [2.45, 2.75) is 33.2 Å². The number of anilines is 2. The molecule has 0 bridgehead atoms. The molecule has 6 heteroatoms. The van der Waals surface area contributed by atoms with E-state index in [2.05, 4.69) is 28.5 Å². The molecule has 4 nitrogen and oxygen atoms in total. The molecule has 0 aromatic carbocycles. The molecule has 0 radical (unpaired) electrons. The molecule has 0 saturated heterocycles. The van der Waals surface area contributed by atoms with E-state index in [1.54, 1.807) is 11.3 Å². The van der Waals surface area contributed by atoms with E-state index in [4.69, 9.17) is 5.73 Å². The van der Waals surface area contributed by atoms with Crippen molar-refractivity contribution < 1.29 is 0 Å². The first-order chi connectivity index (χ1) is 8.47. The van der Waals surface area contributed by atoms with Crippen molar-refractivity contribution in [3.63, 3.8) is 0 Å². The van der Waals surface area contributed by atoms with Gasteiger partial charge in [-0.3, -0.25) is 0 Å². The van der Waals surface area contributed by atoms with Gasteiger partial charge in [0.1, 0.15) is 10.8 Å². The zero-order valence-corrected chi connectivity index (χ0v) is 12.3. The van der Waals surface area contributed by atoms with E-state index < -0.39 is 0 Å². The van der Waals surface area contributed by atoms with Crippen LogP contribution in [0.25, 0.3) is 11.3 Å². The summed E-state index contributed by atoms with van der Waals surface area (Å²) in [6.45, 7) is 6.53. The van der Waals surface area contributed by atoms with Gasteiger partial charge in [0.15, 0.2) is 0 Å². The molecule has 18 heavy (non-hydrogen) atoms. The number of hydrogen-bond donors (Lipinski definition) is 2. The number of hydrogen-bond acceptors (Lipinski definition) is 6. The summed E-state index contributed by atoms with van der Waals surface area (Å²) in [4.78, 5) is 4.50. The second-order valence-electron chi connectivity index (χ2n) is 5.41. The monoisotopic (exact) mass is 280 g/mol. The Morgan fingerprint density at radius 3 is 2.78 bits per heavy atom. The van der Waals surface area contributed by atoms with Crippen LogP contribution in [0.2, 0.25) is 0 Å². The van der Waals surface area contributed by atoms with Gasteiger partial charge < -0.3 is 11.1 Å². The highest BCUT2D eigenvalue weighted by atomic mass is 32.1. The number of thiazole rings is 1. The first-order valence-corrected chi connectivity index (χ1v) is 7.57. The third-order valence-corrected chi connectivity index (χ3v) is 4.98. The Balaban J connectivity index is 1.92. The Hall–Kier alpha value is -1.14. The molecular formula is C12H16N4S2.